The van der Waals surface area contributed by atoms with E-state index in [1.165, 1.54) is 18.2 Å². The second-order valence-corrected chi connectivity index (χ2v) is 7.92. The Labute approximate surface area is 179 Å². The number of anilines is 1. The standard InChI is InChI=1S/C21H23ClN4O4/c1-12-16(19(27)30-15-9-4-3-5-10-15)17(13-7-6-8-14(22)11-13)26-21(23-12)24-18(25-26)20(28)29-2/h6-8,11,15,17H,3-5,9-10H2,1-2H3,(H,23,24,25)/t17-/m1/s1. The molecule has 1 fully saturated rings. The molecule has 1 atom stereocenters. The summed E-state index contributed by atoms with van der Waals surface area (Å²) in [5.74, 6) is -0.820. The van der Waals surface area contributed by atoms with Crippen LogP contribution in [0.2, 0.25) is 5.02 Å². The van der Waals surface area contributed by atoms with Crippen molar-refractivity contribution in [1.29, 1.82) is 0 Å². The van der Waals surface area contributed by atoms with Crippen LogP contribution in [0.15, 0.2) is 35.5 Å². The highest BCUT2D eigenvalue weighted by Crippen LogP contribution is 2.37. The lowest BCUT2D eigenvalue weighted by Gasteiger charge is -2.30. The largest absolute Gasteiger partial charge is 0.463 e. The first-order valence-corrected chi connectivity index (χ1v) is 10.3. The number of hydrogen-bond donors (Lipinski definition) is 1. The Morgan fingerprint density at radius 2 is 1.97 bits per heavy atom. The van der Waals surface area contributed by atoms with E-state index in [0.29, 0.717) is 22.2 Å². The van der Waals surface area contributed by atoms with Gasteiger partial charge in [-0.15, -0.1) is 5.10 Å². The highest BCUT2D eigenvalue weighted by atomic mass is 35.5. The van der Waals surface area contributed by atoms with Crippen molar-refractivity contribution in [2.45, 2.75) is 51.2 Å². The Hall–Kier alpha value is -2.87. The molecule has 8 nitrogen and oxygen atoms in total. The monoisotopic (exact) mass is 430 g/mol. The van der Waals surface area contributed by atoms with Gasteiger partial charge in [0.25, 0.3) is 5.82 Å². The zero-order valence-electron chi connectivity index (χ0n) is 16.9. The number of methoxy groups -OCH3 is 1. The molecule has 0 bridgehead atoms. The minimum Gasteiger partial charge on any atom is -0.463 e. The van der Waals surface area contributed by atoms with E-state index < -0.39 is 18.0 Å². The third-order valence-corrected chi connectivity index (χ3v) is 5.67. The van der Waals surface area contributed by atoms with Gasteiger partial charge < -0.3 is 14.8 Å². The van der Waals surface area contributed by atoms with Crippen molar-refractivity contribution in [3.05, 3.63) is 51.9 Å². The van der Waals surface area contributed by atoms with Crippen LogP contribution in [0.1, 0.15) is 61.3 Å². The highest BCUT2D eigenvalue weighted by molar-refractivity contribution is 6.30. The predicted octanol–water partition coefficient (Wildman–Crippen LogP) is 3.88. The molecule has 0 unspecified atom stereocenters. The summed E-state index contributed by atoms with van der Waals surface area (Å²) >= 11 is 6.22. The minimum absolute atomic E-state index is 0.0886. The van der Waals surface area contributed by atoms with Crippen LogP contribution < -0.4 is 5.32 Å². The molecule has 0 amide bonds. The summed E-state index contributed by atoms with van der Waals surface area (Å²) in [4.78, 5) is 29.4. The smallest absolute Gasteiger partial charge is 0.378 e. The number of carbonyl (C=O) groups excluding carboxylic acids is 2. The third kappa shape index (κ3) is 3.92. The molecular formula is C21H23ClN4O4. The van der Waals surface area contributed by atoms with E-state index >= 15 is 0 Å². The molecule has 0 saturated heterocycles. The molecule has 2 aromatic rings. The molecule has 2 aliphatic rings. The number of aromatic nitrogens is 3. The van der Waals surface area contributed by atoms with Crippen LogP contribution in [0.3, 0.4) is 0 Å². The van der Waals surface area contributed by atoms with E-state index in [-0.39, 0.29) is 11.9 Å². The maximum atomic E-state index is 13.2. The average molecular weight is 431 g/mol. The zero-order chi connectivity index (χ0) is 21.3. The fraction of sp³-hybridized carbons (Fsp3) is 0.429. The van der Waals surface area contributed by atoms with E-state index in [0.717, 1.165) is 31.2 Å². The summed E-state index contributed by atoms with van der Waals surface area (Å²) in [6.07, 6.45) is 4.93. The molecule has 0 spiro atoms. The summed E-state index contributed by atoms with van der Waals surface area (Å²) in [6, 6.07) is 6.54. The van der Waals surface area contributed by atoms with Gasteiger partial charge in [-0.2, -0.15) is 4.98 Å². The molecule has 1 aromatic carbocycles. The van der Waals surface area contributed by atoms with Gasteiger partial charge in [0.2, 0.25) is 5.95 Å². The number of rotatable bonds is 4. The second kappa shape index (κ2) is 8.47. The van der Waals surface area contributed by atoms with Gasteiger partial charge in [-0.05, 0) is 50.3 Å². The summed E-state index contributed by atoms with van der Waals surface area (Å²) < 4.78 is 12.1. The molecular weight excluding hydrogens is 408 g/mol. The van der Waals surface area contributed by atoms with Crippen molar-refractivity contribution >= 4 is 29.5 Å². The third-order valence-electron chi connectivity index (χ3n) is 5.43. The summed E-state index contributed by atoms with van der Waals surface area (Å²) in [7, 11) is 1.26. The van der Waals surface area contributed by atoms with Gasteiger partial charge in [-0.1, -0.05) is 30.2 Å². The Morgan fingerprint density at radius 3 is 2.67 bits per heavy atom. The van der Waals surface area contributed by atoms with Crippen molar-refractivity contribution in [1.82, 2.24) is 14.8 Å². The lowest BCUT2D eigenvalue weighted by Crippen LogP contribution is -2.32. The normalized spacial score (nSPS) is 19.1. The summed E-state index contributed by atoms with van der Waals surface area (Å²) in [5, 5.41) is 7.90. The molecule has 1 aliphatic carbocycles. The number of benzene rings is 1. The van der Waals surface area contributed by atoms with E-state index in [1.807, 2.05) is 6.07 Å². The van der Waals surface area contributed by atoms with Crippen LogP contribution in [0.25, 0.3) is 0 Å². The average Bonchev–Trinajstić information content (AvgIpc) is 3.16. The van der Waals surface area contributed by atoms with Gasteiger partial charge in [0.1, 0.15) is 12.1 Å². The van der Waals surface area contributed by atoms with Gasteiger partial charge in [0.15, 0.2) is 0 Å². The van der Waals surface area contributed by atoms with Gasteiger partial charge in [-0.25, -0.2) is 14.3 Å². The van der Waals surface area contributed by atoms with Crippen molar-refractivity contribution in [3.8, 4) is 0 Å². The minimum atomic E-state index is -0.660. The summed E-state index contributed by atoms with van der Waals surface area (Å²) in [6.45, 7) is 1.78. The first-order chi connectivity index (χ1) is 14.5. The Balaban J connectivity index is 1.75. The van der Waals surface area contributed by atoms with Gasteiger partial charge >= 0.3 is 11.9 Å². The van der Waals surface area contributed by atoms with Crippen molar-refractivity contribution in [3.63, 3.8) is 0 Å². The maximum Gasteiger partial charge on any atom is 0.378 e. The number of esters is 2. The van der Waals surface area contributed by atoms with Gasteiger partial charge in [0, 0.05) is 10.7 Å². The van der Waals surface area contributed by atoms with Crippen LogP contribution in [0.5, 0.6) is 0 Å². The molecule has 30 heavy (non-hydrogen) atoms. The first kappa shape index (κ1) is 20.4. The Kier molecular flexibility index (Phi) is 5.76. The number of carbonyl (C=O) groups is 2. The van der Waals surface area contributed by atoms with Gasteiger partial charge in [0.05, 0.1) is 12.7 Å². The van der Waals surface area contributed by atoms with E-state index in [4.69, 9.17) is 21.1 Å². The van der Waals surface area contributed by atoms with Gasteiger partial charge in [-0.3, -0.25) is 0 Å². The molecule has 1 N–H and O–H groups in total. The molecule has 1 aromatic heterocycles. The van der Waals surface area contributed by atoms with Crippen LogP contribution in [0, 0.1) is 0 Å². The Bertz CT molecular complexity index is 1010. The van der Waals surface area contributed by atoms with Crippen molar-refractivity contribution in [2.75, 3.05) is 12.4 Å². The number of halogens is 1. The van der Waals surface area contributed by atoms with Crippen LogP contribution in [-0.4, -0.2) is 39.9 Å². The predicted molar refractivity (Wildman–Crippen MR) is 110 cm³/mol. The van der Waals surface area contributed by atoms with Crippen LogP contribution >= 0.6 is 11.6 Å². The van der Waals surface area contributed by atoms with Crippen molar-refractivity contribution < 1.29 is 19.1 Å². The quantitative estimate of drug-likeness (QED) is 0.735. The highest BCUT2D eigenvalue weighted by Gasteiger charge is 2.37. The lowest BCUT2D eigenvalue weighted by molar-refractivity contribution is -0.146. The molecule has 9 heteroatoms. The number of ether oxygens (including phenoxy) is 2. The zero-order valence-corrected chi connectivity index (χ0v) is 17.6. The first-order valence-electron chi connectivity index (χ1n) is 9.97. The Morgan fingerprint density at radius 1 is 1.20 bits per heavy atom. The van der Waals surface area contributed by atoms with E-state index in [1.54, 1.807) is 25.1 Å². The van der Waals surface area contributed by atoms with E-state index in [2.05, 4.69) is 15.4 Å². The number of hydrogen-bond acceptors (Lipinski definition) is 7. The fourth-order valence-electron chi connectivity index (χ4n) is 3.98. The lowest BCUT2D eigenvalue weighted by atomic mass is 9.95. The maximum absolute atomic E-state index is 13.2. The van der Waals surface area contributed by atoms with E-state index in [9.17, 15) is 9.59 Å². The number of nitrogens with one attached hydrogen (secondary N) is 1. The number of fused-ring (bicyclic) bond motifs is 1. The molecule has 0 radical (unpaired) electrons. The SMILES string of the molecule is COC(=O)c1nc2n(n1)[C@H](c1cccc(Cl)c1)C(C(=O)OC1CCCCC1)=C(C)N2. The van der Waals surface area contributed by atoms with Crippen LogP contribution in [-0.2, 0) is 14.3 Å². The molecule has 2 heterocycles. The molecule has 158 valence electrons. The van der Waals surface area contributed by atoms with Crippen LogP contribution in [0.4, 0.5) is 5.95 Å². The second-order valence-electron chi connectivity index (χ2n) is 7.48. The topological polar surface area (TPSA) is 95.3 Å². The fourth-order valence-corrected chi connectivity index (χ4v) is 4.17. The summed E-state index contributed by atoms with van der Waals surface area (Å²) in [5.41, 5.74) is 1.75. The van der Waals surface area contributed by atoms with Crippen molar-refractivity contribution in [2.24, 2.45) is 0 Å². The number of nitrogens with zero attached hydrogens (tertiary/aromatic N) is 3. The molecule has 4 rings (SSSR count). The molecule has 1 saturated carbocycles. The molecule has 1 aliphatic heterocycles. The number of allylic oxidation sites excluding steroid dienone is 1.